The highest BCUT2D eigenvalue weighted by Crippen LogP contribution is 2.24. The van der Waals surface area contributed by atoms with E-state index in [-0.39, 0.29) is 17.5 Å². The number of hydrogen-bond acceptors (Lipinski definition) is 8. The molecule has 0 saturated heterocycles. The topological polar surface area (TPSA) is 127 Å². The van der Waals surface area contributed by atoms with E-state index in [0.717, 1.165) is 5.01 Å². The third kappa shape index (κ3) is 5.97. The molecule has 1 unspecified atom stereocenters. The van der Waals surface area contributed by atoms with E-state index in [1.807, 2.05) is 13.8 Å². The van der Waals surface area contributed by atoms with Gasteiger partial charge < -0.3 is 10.1 Å². The molecule has 0 bridgehead atoms. The van der Waals surface area contributed by atoms with Crippen LogP contribution in [0.15, 0.2) is 24.3 Å². The molecule has 0 saturated carbocycles. The first kappa shape index (κ1) is 22.8. The van der Waals surface area contributed by atoms with Gasteiger partial charge in [0.25, 0.3) is 0 Å². The van der Waals surface area contributed by atoms with Crippen molar-refractivity contribution in [2.75, 3.05) is 23.5 Å². The molecule has 11 heteroatoms. The molecule has 2 aromatic rings. The maximum atomic E-state index is 12.7. The number of methoxy groups -OCH3 is 1. The van der Waals surface area contributed by atoms with Crippen molar-refractivity contribution in [1.29, 1.82) is 0 Å². The molecule has 2 N–H and O–H groups in total. The Labute approximate surface area is 173 Å². The second kappa shape index (κ2) is 9.79. The van der Waals surface area contributed by atoms with Gasteiger partial charge in [-0.15, -0.1) is 10.2 Å². The molecule has 0 aliphatic rings. The minimum absolute atomic E-state index is 0.0198. The average molecular weight is 441 g/mol. The van der Waals surface area contributed by atoms with Crippen molar-refractivity contribution in [3.8, 4) is 5.75 Å². The Hall–Kier alpha value is -2.53. The summed E-state index contributed by atoms with van der Waals surface area (Å²) in [4.78, 5) is 24.8. The molecule has 0 radical (unpaired) electrons. The van der Waals surface area contributed by atoms with Crippen LogP contribution < -0.4 is 15.4 Å². The van der Waals surface area contributed by atoms with Gasteiger partial charge in [0.05, 0.1) is 12.8 Å². The molecule has 0 fully saturated rings. The molecular weight excluding hydrogens is 416 g/mol. The van der Waals surface area contributed by atoms with E-state index >= 15 is 0 Å². The lowest BCUT2D eigenvalue weighted by atomic mass is 10.2. The van der Waals surface area contributed by atoms with Crippen molar-refractivity contribution >= 4 is 43.8 Å². The van der Waals surface area contributed by atoms with Crippen LogP contribution in [0.2, 0.25) is 0 Å². The Bertz CT molecular complexity index is 972. The Balaban J connectivity index is 2.07. The number of aromatic nitrogens is 2. The summed E-state index contributed by atoms with van der Waals surface area (Å²) >= 11 is 1.19. The number of para-hydroxylation sites is 2. The van der Waals surface area contributed by atoms with Crippen LogP contribution in [-0.4, -0.2) is 48.5 Å². The number of nitrogens with one attached hydrogen (secondary N) is 2. The molecule has 0 spiro atoms. The molecule has 1 aromatic carbocycles. The number of amides is 2. The van der Waals surface area contributed by atoms with Crippen LogP contribution in [0.3, 0.4) is 0 Å². The molecule has 29 heavy (non-hydrogen) atoms. The highest BCUT2D eigenvalue weighted by molar-refractivity contribution is 7.93. The lowest BCUT2D eigenvalue weighted by molar-refractivity contribution is -0.115. The number of carbonyl (C=O) groups excluding carboxylic acids is 2. The van der Waals surface area contributed by atoms with E-state index in [4.69, 9.17) is 4.74 Å². The molecule has 2 rings (SSSR count). The first-order valence-electron chi connectivity index (χ1n) is 8.96. The predicted octanol–water partition coefficient (Wildman–Crippen LogP) is 2.44. The van der Waals surface area contributed by atoms with Crippen molar-refractivity contribution in [2.45, 2.75) is 38.4 Å². The maximum Gasteiger partial charge on any atom is 0.244 e. The van der Waals surface area contributed by atoms with E-state index in [1.54, 1.807) is 31.2 Å². The number of benzene rings is 1. The number of ether oxygens (including phenoxy) is 1. The zero-order chi connectivity index (χ0) is 21.6. The number of sulfone groups is 1. The largest absolute Gasteiger partial charge is 0.495 e. The van der Waals surface area contributed by atoms with E-state index in [2.05, 4.69) is 20.8 Å². The Morgan fingerprint density at radius 1 is 1.17 bits per heavy atom. The van der Waals surface area contributed by atoms with E-state index in [9.17, 15) is 18.0 Å². The number of anilines is 2. The Kier molecular flexibility index (Phi) is 7.68. The van der Waals surface area contributed by atoms with Crippen LogP contribution in [-0.2, 0) is 19.4 Å². The first-order chi connectivity index (χ1) is 13.7. The summed E-state index contributed by atoms with van der Waals surface area (Å²) < 4.78 is 30.5. The minimum atomic E-state index is -4.05. The number of hydrogen-bond donors (Lipinski definition) is 2. The van der Waals surface area contributed by atoms with Gasteiger partial charge in [-0.3, -0.25) is 14.9 Å². The Morgan fingerprint density at radius 3 is 2.45 bits per heavy atom. The zero-order valence-corrected chi connectivity index (χ0v) is 18.3. The number of nitrogens with zero attached hydrogens (tertiary/aromatic N) is 2. The van der Waals surface area contributed by atoms with Gasteiger partial charge in [-0.2, -0.15) is 0 Å². The normalized spacial score (nSPS) is 12.4. The van der Waals surface area contributed by atoms with Gasteiger partial charge in [-0.1, -0.05) is 44.2 Å². The monoisotopic (exact) mass is 440 g/mol. The summed E-state index contributed by atoms with van der Waals surface area (Å²) in [7, 11) is -2.61. The van der Waals surface area contributed by atoms with Crippen molar-refractivity contribution < 1.29 is 22.7 Å². The fourth-order valence-corrected chi connectivity index (χ4v) is 4.80. The van der Waals surface area contributed by atoms with Gasteiger partial charge in [0.1, 0.15) is 21.8 Å². The summed E-state index contributed by atoms with van der Waals surface area (Å²) in [6.45, 7) is 5.44. The van der Waals surface area contributed by atoms with Gasteiger partial charge in [0, 0.05) is 5.92 Å². The summed E-state index contributed by atoms with van der Waals surface area (Å²) in [5.74, 6) is -1.77. The molecule has 1 atom stereocenters. The highest BCUT2D eigenvalue weighted by atomic mass is 32.2. The van der Waals surface area contributed by atoms with Crippen molar-refractivity contribution in [3.05, 3.63) is 29.3 Å². The van der Waals surface area contributed by atoms with Gasteiger partial charge in [0.2, 0.25) is 16.9 Å². The van der Waals surface area contributed by atoms with E-state index in [1.165, 1.54) is 18.4 Å². The maximum absolute atomic E-state index is 12.7. The first-order valence-corrected chi connectivity index (χ1v) is 11.5. The van der Waals surface area contributed by atoms with Gasteiger partial charge in [-0.05, 0) is 18.6 Å². The molecular formula is C18H24N4O5S2. The van der Waals surface area contributed by atoms with Gasteiger partial charge in [-0.25, -0.2) is 8.42 Å². The summed E-state index contributed by atoms with van der Waals surface area (Å²) in [6.07, 6.45) is 0.0198. The highest BCUT2D eigenvalue weighted by Gasteiger charge is 2.33. The lowest BCUT2D eigenvalue weighted by Gasteiger charge is -2.15. The lowest BCUT2D eigenvalue weighted by Crippen LogP contribution is -2.39. The molecule has 0 aliphatic carbocycles. The van der Waals surface area contributed by atoms with Crippen molar-refractivity contribution in [1.82, 2.24) is 10.2 Å². The molecule has 158 valence electrons. The summed E-state index contributed by atoms with van der Waals surface area (Å²) in [6, 6.07) is 6.64. The standard InChI is InChI=1S/C18H24N4O5S2/c1-5-14(16(24)20-18-22-21-17(28-18)11(2)3)29(25,26)10-15(23)19-12-8-6-7-9-13(12)27-4/h6-9,11,14H,5,10H2,1-4H3,(H,19,23)(H,20,22,24). The number of rotatable bonds is 9. The van der Waals surface area contributed by atoms with Crippen molar-refractivity contribution in [2.24, 2.45) is 0 Å². The summed E-state index contributed by atoms with van der Waals surface area (Å²) in [5, 5.41) is 12.4. The second-order valence-corrected chi connectivity index (χ2v) is 9.73. The third-order valence-corrected chi connectivity index (χ3v) is 7.19. The van der Waals surface area contributed by atoms with E-state index in [0.29, 0.717) is 11.4 Å². The molecule has 9 nitrogen and oxygen atoms in total. The van der Waals surface area contributed by atoms with Crippen LogP contribution in [0.4, 0.5) is 10.8 Å². The SMILES string of the molecule is CCC(C(=O)Nc1nnc(C(C)C)s1)S(=O)(=O)CC(=O)Nc1ccccc1OC. The molecule has 1 heterocycles. The average Bonchev–Trinajstić information content (AvgIpc) is 3.10. The van der Waals surface area contributed by atoms with Crippen LogP contribution in [0.1, 0.15) is 38.1 Å². The van der Waals surface area contributed by atoms with Crippen LogP contribution in [0, 0.1) is 0 Å². The van der Waals surface area contributed by atoms with Crippen molar-refractivity contribution in [3.63, 3.8) is 0 Å². The molecule has 2 amide bonds. The number of carbonyl (C=O) groups is 2. The molecule has 1 aromatic heterocycles. The van der Waals surface area contributed by atoms with Crippen LogP contribution >= 0.6 is 11.3 Å². The fourth-order valence-electron chi connectivity index (χ4n) is 2.52. The van der Waals surface area contributed by atoms with Gasteiger partial charge >= 0.3 is 0 Å². The van der Waals surface area contributed by atoms with Crippen LogP contribution in [0.5, 0.6) is 5.75 Å². The fraction of sp³-hybridized carbons (Fsp3) is 0.444. The molecule has 0 aliphatic heterocycles. The second-order valence-electron chi connectivity index (χ2n) is 6.54. The van der Waals surface area contributed by atoms with Gasteiger partial charge in [0.15, 0.2) is 9.84 Å². The zero-order valence-electron chi connectivity index (χ0n) is 16.6. The summed E-state index contributed by atoms with van der Waals surface area (Å²) in [5.41, 5.74) is 0.350. The third-order valence-electron chi connectivity index (χ3n) is 3.97. The Morgan fingerprint density at radius 2 is 1.86 bits per heavy atom. The van der Waals surface area contributed by atoms with Crippen LogP contribution in [0.25, 0.3) is 0 Å². The minimum Gasteiger partial charge on any atom is -0.495 e. The smallest absolute Gasteiger partial charge is 0.244 e. The van der Waals surface area contributed by atoms with E-state index < -0.39 is 32.7 Å². The quantitative estimate of drug-likeness (QED) is 0.613. The predicted molar refractivity (Wildman–Crippen MR) is 112 cm³/mol.